The second-order valence-corrected chi connectivity index (χ2v) is 4.82. The van der Waals surface area contributed by atoms with Crippen molar-refractivity contribution in [2.45, 2.75) is 13.0 Å². The number of nitriles is 1. The first-order valence-corrected chi connectivity index (χ1v) is 6.74. The molecule has 6 heteroatoms. The molecule has 0 spiro atoms. The summed E-state index contributed by atoms with van der Waals surface area (Å²) in [5.41, 5.74) is 6.42. The third-order valence-electron chi connectivity index (χ3n) is 2.99. The molecule has 0 saturated carbocycles. The number of hydrogen-bond acceptors (Lipinski definition) is 4. The summed E-state index contributed by atoms with van der Waals surface area (Å²) in [6, 6.07) is 10.5. The molecule has 108 valence electrons. The molecule has 2 N–H and O–H groups in total. The standard InChI is InChI=1S/C15H14ClN3O2/c16-13-6-1-5-12(14(13)18)15(20)19(8-3-7-17)10-11-4-2-9-21-11/h1-2,4-6,9H,3,8,10,18H2. The molecule has 0 atom stereocenters. The van der Waals surface area contributed by atoms with Crippen LogP contribution < -0.4 is 5.73 Å². The summed E-state index contributed by atoms with van der Waals surface area (Å²) in [5.74, 6) is 0.364. The van der Waals surface area contributed by atoms with Gasteiger partial charge in [0.15, 0.2) is 0 Å². The summed E-state index contributed by atoms with van der Waals surface area (Å²) >= 11 is 5.94. The molecular formula is C15H14ClN3O2. The van der Waals surface area contributed by atoms with Gasteiger partial charge in [0, 0.05) is 6.54 Å². The monoisotopic (exact) mass is 303 g/mol. The first-order valence-electron chi connectivity index (χ1n) is 6.36. The van der Waals surface area contributed by atoms with Crippen LogP contribution >= 0.6 is 11.6 Å². The summed E-state index contributed by atoms with van der Waals surface area (Å²) < 4.78 is 5.25. The number of carbonyl (C=O) groups is 1. The molecule has 0 unspecified atom stereocenters. The fourth-order valence-electron chi connectivity index (χ4n) is 1.92. The van der Waals surface area contributed by atoms with Crippen LogP contribution in [-0.2, 0) is 6.54 Å². The van der Waals surface area contributed by atoms with Gasteiger partial charge >= 0.3 is 0 Å². The number of hydrogen-bond donors (Lipinski definition) is 1. The van der Waals surface area contributed by atoms with Crippen LogP contribution in [0, 0.1) is 11.3 Å². The van der Waals surface area contributed by atoms with Crippen LogP contribution in [-0.4, -0.2) is 17.4 Å². The summed E-state index contributed by atoms with van der Waals surface area (Å²) in [5, 5.41) is 9.07. The minimum absolute atomic E-state index is 0.229. The number of carbonyl (C=O) groups excluding carboxylic acids is 1. The number of anilines is 1. The van der Waals surface area contributed by atoms with Crippen LogP contribution in [0.1, 0.15) is 22.5 Å². The van der Waals surface area contributed by atoms with Crippen LogP contribution in [0.25, 0.3) is 0 Å². The molecule has 0 aliphatic heterocycles. The fourth-order valence-corrected chi connectivity index (χ4v) is 2.10. The Morgan fingerprint density at radius 1 is 1.38 bits per heavy atom. The van der Waals surface area contributed by atoms with E-state index in [9.17, 15) is 4.79 Å². The molecule has 0 bridgehead atoms. The van der Waals surface area contributed by atoms with Gasteiger partial charge in [0.2, 0.25) is 0 Å². The average molecular weight is 304 g/mol. The molecule has 1 amide bonds. The van der Waals surface area contributed by atoms with Gasteiger partial charge in [-0.25, -0.2) is 0 Å². The molecule has 1 aromatic carbocycles. The Morgan fingerprint density at radius 3 is 2.86 bits per heavy atom. The first-order chi connectivity index (χ1) is 10.1. The molecule has 0 radical (unpaired) electrons. The lowest BCUT2D eigenvalue weighted by Crippen LogP contribution is -2.31. The summed E-state index contributed by atoms with van der Waals surface area (Å²) in [7, 11) is 0. The molecule has 0 aliphatic carbocycles. The highest BCUT2D eigenvalue weighted by Gasteiger charge is 2.20. The summed E-state index contributed by atoms with van der Waals surface area (Å²) in [6.07, 6.45) is 1.77. The van der Waals surface area contributed by atoms with Crippen molar-refractivity contribution in [2.75, 3.05) is 12.3 Å². The Bertz CT molecular complexity index is 662. The van der Waals surface area contributed by atoms with E-state index in [-0.39, 0.29) is 24.6 Å². The number of amides is 1. The summed E-state index contributed by atoms with van der Waals surface area (Å²) in [4.78, 5) is 14.1. The van der Waals surface area contributed by atoms with Gasteiger partial charge in [-0.15, -0.1) is 0 Å². The highest BCUT2D eigenvalue weighted by molar-refractivity contribution is 6.33. The second kappa shape index (κ2) is 6.82. The predicted molar refractivity (Wildman–Crippen MR) is 79.5 cm³/mol. The van der Waals surface area contributed by atoms with Gasteiger partial charge in [-0.1, -0.05) is 17.7 Å². The molecule has 0 saturated heterocycles. The first kappa shape index (κ1) is 14.9. The van der Waals surface area contributed by atoms with E-state index in [1.54, 1.807) is 30.3 Å². The molecule has 0 fully saturated rings. The van der Waals surface area contributed by atoms with Crippen LogP contribution in [0.4, 0.5) is 5.69 Å². The van der Waals surface area contributed by atoms with E-state index in [2.05, 4.69) is 0 Å². The van der Waals surface area contributed by atoms with Gasteiger partial charge in [0.1, 0.15) is 5.76 Å². The number of para-hydroxylation sites is 1. The number of nitrogens with two attached hydrogens (primary N) is 1. The SMILES string of the molecule is N#CCCN(Cc1ccco1)C(=O)c1cccc(Cl)c1N. The number of nitrogens with zero attached hydrogens (tertiary/aromatic N) is 2. The van der Waals surface area contributed by atoms with Crippen LogP contribution in [0.15, 0.2) is 41.0 Å². The zero-order chi connectivity index (χ0) is 15.2. The van der Waals surface area contributed by atoms with Crippen molar-refractivity contribution in [1.82, 2.24) is 4.90 Å². The number of rotatable bonds is 5. The Hall–Kier alpha value is -2.45. The minimum atomic E-state index is -0.276. The number of nitrogen functional groups attached to an aromatic ring is 1. The van der Waals surface area contributed by atoms with E-state index in [1.165, 1.54) is 11.2 Å². The van der Waals surface area contributed by atoms with E-state index in [1.807, 2.05) is 6.07 Å². The normalized spacial score (nSPS) is 10.1. The van der Waals surface area contributed by atoms with Gasteiger partial charge < -0.3 is 15.1 Å². The van der Waals surface area contributed by atoms with Crippen LogP contribution in [0.2, 0.25) is 5.02 Å². The van der Waals surface area contributed by atoms with Crippen molar-refractivity contribution < 1.29 is 9.21 Å². The van der Waals surface area contributed by atoms with E-state index >= 15 is 0 Å². The quantitative estimate of drug-likeness (QED) is 0.860. The van der Waals surface area contributed by atoms with Crippen molar-refractivity contribution in [3.63, 3.8) is 0 Å². The molecule has 1 aromatic heterocycles. The van der Waals surface area contributed by atoms with Gasteiger partial charge in [-0.3, -0.25) is 4.79 Å². The van der Waals surface area contributed by atoms with Crippen LogP contribution in [0.3, 0.4) is 0 Å². The number of benzene rings is 1. The predicted octanol–water partition coefficient (Wildman–Crippen LogP) is 3.07. The van der Waals surface area contributed by atoms with Crippen molar-refractivity contribution in [2.24, 2.45) is 0 Å². The Kier molecular flexibility index (Phi) is 4.85. The third kappa shape index (κ3) is 3.56. The lowest BCUT2D eigenvalue weighted by atomic mass is 10.1. The van der Waals surface area contributed by atoms with Crippen LogP contribution in [0.5, 0.6) is 0 Å². The molecule has 0 aliphatic rings. The molecule has 2 rings (SSSR count). The third-order valence-corrected chi connectivity index (χ3v) is 3.32. The van der Waals surface area contributed by atoms with Crippen molar-refractivity contribution in [1.29, 1.82) is 5.26 Å². The fraction of sp³-hybridized carbons (Fsp3) is 0.200. The number of furan rings is 1. The molecule has 5 nitrogen and oxygen atoms in total. The van der Waals surface area contributed by atoms with Gasteiger partial charge in [0.05, 0.1) is 41.6 Å². The molecular weight excluding hydrogens is 290 g/mol. The maximum Gasteiger partial charge on any atom is 0.256 e. The smallest absolute Gasteiger partial charge is 0.256 e. The average Bonchev–Trinajstić information content (AvgIpc) is 2.98. The zero-order valence-electron chi connectivity index (χ0n) is 11.3. The van der Waals surface area contributed by atoms with Crippen molar-refractivity contribution in [3.8, 4) is 6.07 Å². The second-order valence-electron chi connectivity index (χ2n) is 4.42. The van der Waals surface area contributed by atoms with Crippen molar-refractivity contribution in [3.05, 3.63) is 52.9 Å². The lowest BCUT2D eigenvalue weighted by molar-refractivity contribution is 0.0736. The van der Waals surface area contributed by atoms with Gasteiger partial charge in [-0.05, 0) is 24.3 Å². The maximum absolute atomic E-state index is 12.6. The molecule has 1 heterocycles. The number of halogens is 1. The highest BCUT2D eigenvalue weighted by Crippen LogP contribution is 2.24. The topological polar surface area (TPSA) is 83.3 Å². The van der Waals surface area contributed by atoms with Gasteiger partial charge in [-0.2, -0.15) is 5.26 Å². The van der Waals surface area contributed by atoms with E-state index < -0.39 is 0 Å². The van der Waals surface area contributed by atoms with E-state index in [4.69, 9.17) is 27.0 Å². The molecule has 21 heavy (non-hydrogen) atoms. The Labute approximate surface area is 127 Å². The highest BCUT2D eigenvalue weighted by atomic mass is 35.5. The Balaban J connectivity index is 2.25. The zero-order valence-corrected chi connectivity index (χ0v) is 12.0. The van der Waals surface area contributed by atoms with Crippen molar-refractivity contribution >= 4 is 23.2 Å². The lowest BCUT2D eigenvalue weighted by Gasteiger charge is -2.21. The van der Waals surface area contributed by atoms with E-state index in [0.717, 1.165) is 0 Å². The van der Waals surface area contributed by atoms with Gasteiger partial charge in [0.25, 0.3) is 5.91 Å². The summed E-state index contributed by atoms with van der Waals surface area (Å²) in [6.45, 7) is 0.571. The maximum atomic E-state index is 12.6. The van der Waals surface area contributed by atoms with E-state index in [0.29, 0.717) is 22.9 Å². The largest absolute Gasteiger partial charge is 0.467 e. The minimum Gasteiger partial charge on any atom is -0.467 e. The Morgan fingerprint density at radius 2 is 2.19 bits per heavy atom. The molecule has 2 aromatic rings.